The number of anilines is 2. The fourth-order valence-corrected chi connectivity index (χ4v) is 7.75. The van der Waals surface area contributed by atoms with Crippen LogP contribution in [0.4, 0.5) is 11.4 Å². The molecule has 9 nitrogen and oxygen atoms in total. The van der Waals surface area contributed by atoms with Gasteiger partial charge in [0.15, 0.2) is 0 Å². The summed E-state index contributed by atoms with van der Waals surface area (Å²) >= 11 is 0. The molecule has 6 atom stereocenters. The number of para-hydroxylation sites is 1. The Morgan fingerprint density at radius 1 is 0.886 bits per heavy atom. The molecule has 0 aromatic heterocycles. The molecule has 1 N–H and O–H groups in total. The van der Waals surface area contributed by atoms with E-state index in [2.05, 4.69) is 0 Å². The van der Waals surface area contributed by atoms with Gasteiger partial charge < -0.3 is 29.3 Å². The Hall–Kier alpha value is -3.95. The topological polar surface area (TPSA) is 99.6 Å². The minimum atomic E-state index is -1.40. The largest absolute Gasteiger partial charge is 0.497 e. The average molecular weight is 600 g/mol. The second kappa shape index (κ2) is 11.5. The first-order valence-electron chi connectivity index (χ1n) is 15.5. The van der Waals surface area contributed by atoms with Crippen LogP contribution in [0.1, 0.15) is 33.6 Å². The molecule has 0 saturated carbocycles. The number of methoxy groups -OCH3 is 1. The summed E-state index contributed by atoms with van der Waals surface area (Å²) in [5, 5.41) is 10.6. The van der Waals surface area contributed by atoms with Gasteiger partial charge in [-0.3, -0.25) is 14.4 Å². The Balaban J connectivity index is 1.51. The van der Waals surface area contributed by atoms with Crippen molar-refractivity contribution in [3.8, 4) is 5.75 Å². The quantitative estimate of drug-likeness (QED) is 0.461. The number of rotatable bonds is 8. The molecule has 1 unspecified atom stereocenters. The van der Waals surface area contributed by atoms with Crippen molar-refractivity contribution < 1.29 is 29.0 Å². The maximum absolute atomic E-state index is 14.8. The average Bonchev–Trinajstić information content (AvgIpc) is 3.33. The predicted molar refractivity (Wildman–Crippen MR) is 167 cm³/mol. The van der Waals surface area contributed by atoms with E-state index in [1.165, 1.54) is 0 Å². The van der Waals surface area contributed by atoms with Crippen molar-refractivity contribution in [1.82, 2.24) is 4.90 Å². The number of hydrogen-bond acceptors (Lipinski definition) is 6. The number of carbonyl (C=O) groups excluding carboxylic acids is 3. The van der Waals surface area contributed by atoms with Crippen molar-refractivity contribution in [3.63, 3.8) is 0 Å². The van der Waals surface area contributed by atoms with E-state index in [1.807, 2.05) is 87.5 Å². The predicted octanol–water partition coefficient (Wildman–Crippen LogP) is 3.97. The zero-order valence-corrected chi connectivity index (χ0v) is 25.8. The Bertz CT molecular complexity index is 1470. The van der Waals surface area contributed by atoms with Crippen molar-refractivity contribution in [2.75, 3.05) is 36.6 Å². The summed E-state index contributed by atoms with van der Waals surface area (Å²) < 4.78 is 12.4. The van der Waals surface area contributed by atoms with Crippen LogP contribution in [0.3, 0.4) is 0 Å². The van der Waals surface area contributed by atoms with Crippen molar-refractivity contribution in [2.24, 2.45) is 17.8 Å². The fraction of sp³-hybridized carbons (Fsp3) is 0.457. The highest BCUT2D eigenvalue weighted by molar-refractivity contribution is 6.07. The Morgan fingerprint density at radius 3 is 2.14 bits per heavy atom. The Morgan fingerprint density at radius 2 is 1.52 bits per heavy atom. The third-order valence-corrected chi connectivity index (χ3v) is 9.68. The van der Waals surface area contributed by atoms with E-state index in [-0.39, 0.29) is 36.8 Å². The van der Waals surface area contributed by atoms with Gasteiger partial charge in [-0.05, 0) is 55.2 Å². The number of amides is 3. The molecule has 0 bridgehead atoms. The Labute approximate surface area is 258 Å². The molecule has 1 spiro atoms. The number of aliphatic hydroxyl groups is 1. The zero-order valence-electron chi connectivity index (χ0n) is 25.8. The van der Waals surface area contributed by atoms with E-state index in [9.17, 15) is 19.5 Å². The van der Waals surface area contributed by atoms with Crippen molar-refractivity contribution in [3.05, 3.63) is 78.9 Å². The van der Waals surface area contributed by atoms with Gasteiger partial charge in [-0.15, -0.1) is 0 Å². The molecule has 0 radical (unpaired) electrons. The molecular weight excluding hydrogens is 558 g/mol. The minimum Gasteiger partial charge on any atom is -0.497 e. The van der Waals surface area contributed by atoms with Crippen molar-refractivity contribution in [2.45, 2.75) is 56.9 Å². The van der Waals surface area contributed by atoms with Crippen LogP contribution in [0.5, 0.6) is 5.75 Å². The molecule has 4 aliphatic rings. The number of hydrogen-bond donors (Lipinski definition) is 1. The summed E-state index contributed by atoms with van der Waals surface area (Å²) in [5.41, 5.74) is -1.10. The second-order valence-electron chi connectivity index (χ2n) is 12.6. The zero-order chi connectivity index (χ0) is 31.2. The van der Waals surface area contributed by atoms with Crippen LogP contribution in [-0.4, -0.2) is 77.8 Å². The number of nitrogens with zero attached hydrogens (tertiary/aromatic N) is 3. The van der Waals surface area contributed by atoms with Crippen LogP contribution < -0.4 is 14.5 Å². The lowest BCUT2D eigenvalue weighted by atomic mass is 9.73. The molecule has 9 heteroatoms. The lowest BCUT2D eigenvalue weighted by molar-refractivity contribution is -0.149. The molecule has 3 amide bonds. The SMILES string of the molecule is CC[C@]12C=CCN(c3ccccc3)C(=O)[C@H]1[C@H]1C(=O)N([C@@H](CO)CC(C)C)C3C(=O)N(c4ccc(OC)cc4)CC=C[C@@]31O2. The standard InChI is InChI=1S/C35H41N3O6/c1-5-34-17-9-19-36(24-11-7-6-8-12-24)31(40)28(34)29-32(41)38(26(22-39)21-23(2)3)30-33(42)37(20-10-18-35(29,30)44-34)25-13-15-27(43-4)16-14-25/h6-18,23,26,28-30,39H,5,19-22H2,1-4H3/t26-,28-,29+,30?,34+,35+/m1/s1. The van der Waals surface area contributed by atoms with Gasteiger partial charge in [0, 0.05) is 24.5 Å². The normalized spacial score (nSPS) is 30.3. The number of likely N-dealkylation sites (tertiary alicyclic amines) is 1. The van der Waals surface area contributed by atoms with Gasteiger partial charge in [0.05, 0.1) is 37.2 Å². The molecular formula is C35H41N3O6. The third-order valence-electron chi connectivity index (χ3n) is 9.68. The number of ether oxygens (including phenoxy) is 2. The molecule has 4 heterocycles. The molecule has 4 aliphatic heterocycles. The van der Waals surface area contributed by atoms with E-state index < -0.39 is 35.1 Å². The van der Waals surface area contributed by atoms with E-state index in [0.29, 0.717) is 30.8 Å². The molecule has 0 aliphatic carbocycles. The number of aliphatic hydroxyl groups excluding tert-OH is 1. The van der Waals surface area contributed by atoms with Gasteiger partial charge in [-0.1, -0.05) is 63.3 Å². The summed E-state index contributed by atoms with van der Waals surface area (Å²) in [6, 6.07) is 15.0. The molecule has 2 fully saturated rings. The van der Waals surface area contributed by atoms with Gasteiger partial charge in [-0.25, -0.2) is 0 Å². The summed E-state index contributed by atoms with van der Waals surface area (Å²) in [5.74, 6) is -1.85. The highest BCUT2D eigenvalue weighted by Gasteiger charge is 2.76. The lowest BCUT2D eigenvalue weighted by Crippen LogP contribution is -2.59. The van der Waals surface area contributed by atoms with Crippen molar-refractivity contribution >= 4 is 29.1 Å². The lowest BCUT2D eigenvalue weighted by Gasteiger charge is -2.41. The van der Waals surface area contributed by atoms with E-state index >= 15 is 0 Å². The van der Waals surface area contributed by atoms with Gasteiger partial charge >= 0.3 is 0 Å². The van der Waals surface area contributed by atoms with E-state index in [4.69, 9.17) is 9.47 Å². The first-order chi connectivity index (χ1) is 21.2. The highest BCUT2D eigenvalue weighted by Crippen LogP contribution is 2.59. The van der Waals surface area contributed by atoms with Crippen LogP contribution in [-0.2, 0) is 19.1 Å². The summed E-state index contributed by atoms with van der Waals surface area (Å²) in [7, 11) is 1.59. The van der Waals surface area contributed by atoms with Gasteiger partial charge in [0.25, 0.3) is 5.91 Å². The third kappa shape index (κ3) is 4.56. The van der Waals surface area contributed by atoms with Gasteiger partial charge in [0.2, 0.25) is 11.8 Å². The molecule has 2 saturated heterocycles. The number of carbonyl (C=O) groups is 3. The maximum atomic E-state index is 14.8. The number of benzene rings is 2. The fourth-order valence-electron chi connectivity index (χ4n) is 7.75. The Kier molecular flexibility index (Phi) is 7.88. The summed E-state index contributed by atoms with van der Waals surface area (Å²) in [6.45, 7) is 6.30. The van der Waals surface area contributed by atoms with Crippen LogP contribution in [0.25, 0.3) is 0 Å². The van der Waals surface area contributed by atoms with E-state index in [1.54, 1.807) is 33.9 Å². The first kappa shape index (κ1) is 30.1. The summed E-state index contributed by atoms with van der Waals surface area (Å²) in [4.78, 5) is 49.2. The van der Waals surface area contributed by atoms with Gasteiger partial charge in [0.1, 0.15) is 17.4 Å². The molecule has 6 rings (SSSR count). The van der Waals surface area contributed by atoms with E-state index in [0.717, 1.165) is 5.69 Å². The van der Waals surface area contributed by atoms with Crippen LogP contribution >= 0.6 is 0 Å². The van der Waals surface area contributed by atoms with Crippen LogP contribution in [0.2, 0.25) is 0 Å². The smallest absolute Gasteiger partial charge is 0.253 e. The van der Waals surface area contributed by atoms with Crippen LogP contribution in [0, 0.1) is 17.8 Å². The molecule has 232 valence electrons. The maximum Gasteiger partial charge on any atom is 0.253 e. The molecule has 2 aromatic carbocycles. The van der Waals surface area contributed by atoms with Crippen molar-refractivity contribution in [1.29, 1.82) is 0 Å². The molecule has 44 heavy (non-hydrogen) atoms. The van der Waals surface area contributed by atoms with Gasteiger partial charge in [-0.2, -0.15) is 0 Å². The number of fused-ring (bicyclic) bond motifs is 2. The first-order valence-corrected chi connectivity index (χ1v) is 15.5. The second-order valence-corrected chi connectivity index (χ2v) is 12.6. The van der Waals surface area contributed by atoms with Crippen LogP contribution in [0.15, 0.2) is 78.9 Å². The minimum absolute atomic E-state index is 0.150. The summed E-state index contributed by atoms with van der Waals surface area (Å²) in [6.07, 6.45) is 8.54. The monoisotopic (exact) mass is 599 g/mol. The molecule has 2 aromatic rings. The highest BCUT2D eigenvalue weighted by atomic mass is 16.5.